The fourth-order valence-corrected chi connectivity index (χ4v) is 1.75. The third kappa shape index (κ3) is 3.58. The van der Waals surface area contributed by atoms with Crippen molar-refractivity contribution in [3.8, 4) is 11.5 Å². The summed E-state index contributed by atoms with van der Waals surface area (Å²) in [6.07, 6.45) is 4.39. The number of phenolic OH excluding ortho intramolecular Hbond substituents is 1. The zero-order valence-electron chi connectivity index (χ0n) is 10.6. The van der Waals surface area contributed by atoms with Gasteiger partial charge in [-0.05, 0) is 42.3 Å². The van der Waals surface area contributed by atoms with Crippen LogP contribution in [0.1, 0.15) is 11.1 Å². The Morgan fingerprint density at radius 2 is 1.89 bits per heavy atom. The molecule has 0 bridgehead atoms. The van der Waals surface area contributed by atoms with Gasteiger partial charge in [0.15, 0.2) is 0 Å². The molecule has 0 spiro atoms. The molecule has 2 aromatic carbocycles. The first kappa shape index (κ1) is 13.1. The first-order valence-electron chi connectivity index (χ1n) is 5.97. The van der Waals surface area contributed by atoms with Gasteiger partial charge in [0.1, 0.15) is 17.3 Å². The van der Waals surface area contributed by atoms with Crippen LogP contribution in [0.2, 0.25) is 0 Å². The van der Waals surface area contributed by atoms with E-state index in [2.05, 4.69) is 0 Å². The highest BCUT2D eigenvalue weighted by atomic mass is 19.1. The molecule has 0 saturated carbocycles. The molecule has 0 fully saturated rings. The van der Waals surface area contributed by atoms with E-state index in [4.69, 9.17) is 4.74 Å². The summed E-state index contributed by atoms with van der Waals surface area (Å²) in [6.45, 7) is 0. The van der Waals surface area contributed by atoms with E-state index in [-0.39, 0.29) is 11.6 Å². The standard InChI is InChI=1S/C16H15FO2/c1-19-15-9-10-16(18)13(11-15)4-2-3-12-5-7-14(17)8-6-12/h2-3,5-11,18H,4H2,1H3. The summed E-state index contributed by atoms with van der Waals surface area (Å²) in [5, 5.41) is 9.73. The zero-order valence-corrected chi connectivity index (χ0v) is 10.6. The van der Waals surface area contributed by atoms with Crippen LogP contribution in [0, 0.1) is 5.82 Å². The van der Waals surface area contributed by atoms with Crippen LogP contribution in [0.4, 0.5) is 4.39 Å². The van der Waals surface area contributed by atoms with Gasteiger partial charge in [-0.3, -0.25) is 0 Å². The number of rotatable bonds is 4. The largest absolute Gasteiger partial charge is 0.508 e. The normalized spacial score (nSPS) is 10.8. The van der Waals surface area contributed by atoms with Crippen molar-refractivity contribution in [1.29, 1.82) is 0 Å². The molecular weight excluding hydrogens is 243 g/mol. The van der Waals surface area contributed by atoms with Crippen molar-refractivity contribution in [3.63, 3.8) is 0 Å². The Hall–Kier alpha value is -2.29. The molecule has 0 aliphatic heterocycles. The van der Waals surface area contributed by atoms with Gasteiger partial charge in [-0.1, -0.05) is 24.3 Å². The Kier molecular flexibility index (Phi) is 4.18. The van der Waals surface area contributed by atoms with Crippen LogP contribution in [0.5, 0.6) is 11.5 Å². The van der Waals surface area contributed by atoms with E-state index in [1.165, 1.54) is 12.1 Å². The quantitative estimate of drug-likeness (QED) is 0.904. The summed E-state index contributed by atoms with van der Waals surface area (Å²) in [5.41, 5.74) is 1.71. The molecule has 1 N–H and O–H groups in total. The van der Waals surface area contributed by atoms with Crippen LogP contribution in [0.3, 0.4) is 0 Å². The first-order valence-corrected chi connectivity index (χ1v) is 5.97. The number of phenols is 1. The van der Waals surface area contributed by atoms with Crippen LogP contribution in [0.25, 0.3) is 6.08 Å². The van der Waals surface area contributed by atoms with Crippen LogP contribution in [-0.4, -0.2) is 12.2 Å². The fourth-order valence-electron chi connectivity index (χ4n) is 1.75. The number of ether oxygens (including phenoxy) is 1. The van der Waals surface area contributed by atoms with Crippen molar-refractivity contribution in [1.82, 2.24) is 0 Å². The Balaban J connectivity index is 2.07. The van der Waals surface area contributed by atoms with Crippen molar-refractivity contribution in [2.45, 2.75) is 6.42 Å². The van der Waals surface area contributed by atoms with Crippen LogP contribution in [-0.2, 0) is 6.42 Å². The minimum absolute atomic E-state index is 0.240. The number of hydrogen-bond acceptors (Lipinski definition) is 2. The van der Waals surface area contributed by atoms with Crippen molar-refractivity contribution >= 4 is 6.08 Å². The molecule has 2 aromatic rings. The van der Waals surface area contributed by atoms with E-state index < -0.39 is 0 Å². The smallest absolute Gasteiger partial charge is 0.123 e. The number of allylic oxidation sites excluding steroid dienone is 1. The maximum absolute atomic E-state index is 12.7. The Morgan fingerprint density at radius 3 is 2.58 bits per heavy atom. The van der Waals surface area contributed by atoms with E-state index in [1.807, 2.05) is 12.2 Å². The van der Waals surface area contributed by atoms with Gasteiger partial charge in [-0.15, -0.1) is 0 Å². The average Bonchev–Trinajstić information content (AvgIpc) is 2.43. The topological polar surface area (TPSA) is 29.5 Å². The summed E-state index contributed by atoms with van der Waals surface area (Å²) >= 11 is 0. The highest BCUT2D eigenvalue weighted by molar-refractivity contribution is 5.50. The van der Waals surface area contributed by atoms with Crippen molar-refractivity contribution in [2.24, 2.45) is 0 Å². The monoisotopic (exact) mass is 258 g/mol. The fraction of sp³-hybridized carbons (Fsp3) is 0.125. The summed E-state index contributed by atoms with van der Waals surface area (Å²) in [4.78, 5) is 0. The molecule has 2 rings (SSSR count). The molecule has 0 unspecified atom stereocenters. The van der Waals surface area contributed by atoms with E-state index in [0.29, 0.717) is 12.2 Å². The maximum Gasteiger partial charge on any atom is 0.123 e. The number of methoxy groups -OCH3 is 1. The molecular formula is C16H15FO2. The summed E-state index contributed by atoms with van der Waals surface area (Å²) in [5.74, 6) is 0.704. The van der Waals surface area contributed by atoms with Gasteiger partial charge in [-0.25, -0.2) is 4.39 Å². The van der Waals surface area contributed by atoms with E-state index in [0.717, 1.165) is 11.1 Å². The number of halogens is 1. The molecule has 0 aliphatic rings. The second-order valence-corrected chi connectivity index (χ2v) is 4.15. The van der Waals surface area contributed by atoms with Gasteiger partial charge >= 0.3 is 0 Å². The highest BCUT2D eigenvalue weighted by Gasteiger charge is 2.01. The highest BCUT2D eigenvalue weighted by Crippen LogP contribution is 2.23. The van der Waals surface area contributed by atoms with Gasteiger partial charge in [0.25, 0.3) is 0 Å². The van der Waals surface area contributed by atoms with E-state index >= 15 is 0 Å². The molecule has 0 aliphatic carbocycles. The lowest BCUT2D eigenvalue weighted by Crippen LogP contribution is -1.87. The minimum atomic E-state index is -0.248. The first-order chi connectivity index (χ1) is 9.19. The van der Waals surface area contributed by atoms with Crippen molar-refractivity contribution < 1.29 is 14.2 Å². The molecule has 3 heteroatoms. The lowest BCUT2D eigenvalue weighted by Gasteiger charge is -2.04. The molecule has 19 heavy (non-hydrogen) atoms. The molecule has 0 amide bonds. The van der Waals surface area contributed by atoms with Gasteiger partial charge < -0.3 is 9.84 Å². The number of aromatic hydroxyl groups is 1. The molecule has 0 aromatic heterocycles. The van der Waals surface area contributed by atoms with Gasteiger partial charge in [0.2, 0.25) is 0 Å². The van der Waals surface area contributed by atoms with E-state index in [9.17, 15) is 9.50 Å². The third-order valence-electron chi connectivity index (χ3n) is 2.80. The summed E-state index contributed by atoms with van der Waals surface area (Å²) < 4.78 is 17.8. The van der Waals surface area contributed by atoms with E-state index in [1.54, 1.807) is 37.4 Å². The lowest BCUT2D eigenvalue weighted by molar-refractivity contribution is 0.411. The lowest BCUT2D eigenvalue weighted by atomic mass is 10.1. The maximum atomic E-state index is 12.7. The molecule has 0 radical (unpaired) electrons. The third-order valence-corrected chi connectivity index (χ3v) is 2.80. The Bertz CT molecular complexity index is 574. The second kappa shape index (κ2) is 6.05. The predicted octanol–water partition coefficient (Wildman–Crippen LogP) is 3.80. The van der Waals surface area contributed by atoms with Gasteiger partial charge in [-0.2, -0.15) is 0 Å². The number of hydrogen-bond donors (Lipinski definition) is 1. The van der Waals surface area contributed by atoms with Gasteiger partial charge in [0.05, 0.1) is 7.11 Å². The van der Waals surface area contributed by atoms with Crippen molar-refractivity contribution in [2.75, 3.05) is 7.11 Å². The summed E-state index contributed by atoms with van der Waals surface area (Å²) in [7, 11) is 1.59. The van der Waals surface area contributed by atoms with Gasteiger partial charge in [0, 0.05) is 5.56 Å². The Labute approximate surface area is 111 Å². The van der Waals surface area contributed by atoms with Crippen molar-refractivity contribution in [3.05, 3.63) is 65.5 Å². The zero-order chi connectivity index (χ0) is 13.7. The SMILES string of the molecule is COc1ccc(O)c(CC=Cc2ccc(F)cc2)c1. The van der Waals surface area contributed by atoms with Crippen LogP contribution >= 0.6 is 0 Å². The van der Waals surface area contributed by atoms with Crippen LogP contribution < -0.4 is 4.74 Å². The number of benzene rings is 2. The molecule has 0 heterocycles. The molecule has 0 atom stereocenters. The molecule has 0 saturated heterocycles. The second-order valence-electron chi connectivity index (χ2n) is 4.15. The predicted molar refractivity (Wildman–Crippen MR) is 73.8 cm³/mol. The summed E-state index contributed by atoms with van der Waals surface area (Å²) in [6, 6.07) is 11.4. The average molecular weight is 258 g/mol. The minimum Gasteiger partial charge on any atom is -0.508 e. The molecule has 2 nitrogen and oxygen atoms in total. The Morgan fingerprint density at radius 1 is 1.16 bits per heavy atom. The van der Waals surface area contributed by atoms with Crippen LogP contribution in [0.15, 0.2) is 48.5 Å². The molecule has 98 valence electrons.